The molecule has 2 aliphatic rings. The summed E-state index contributed by atoms with van der Waals surface area (Å²) >= 11 is 0. The molecule has 1 aliphatic heterocycles. The van der Waals surface area contributed by atoms with Crippen molar-refractivity contribution in [3.05, 3.63) is 29.6 Å². The maximum absolute atomic E-state index is 12.4. The molecule has 1 aromatic rings. The summed E-state index contributed by atoms with van der Waals surface area (Å²) in [6, 6.07) is 3.66. The number of nitrogens with one attached hydrogen (secondary N) is 1. The van der Waals surface area contributed by atoms with E-state index in [9.17, 15) is 9.90 Å². The Bertz CT molecular complexity index is 508. The predicted octanol–water partition coefficient (Wildman–Crippen LogP) is 1.48. The minimum Gasteiger partial charge on any atom is -0.396 e. The molecule has 0 aromatic carbocycles. The molecule has 3 rings (SSSR count). The second-order valence-electron chi connectivity index (χ2n) is 6.17. The molecule has 1 amide bonds. The maximum Gasteiger partial charge on any atom is 0.253 e. The van der Waals surface area contributed by atoms with Crippen LogP contribution in [0.5, 0.6) is 0 Å². The van der Waals surface area contributed by atoms with Gasteiger partial charge >= 0.3 is 0 Å². The molecule has 1 saturated heterocycles. The van der Waals surface area contributed by atoms with Crippen molar-refractivity contribution >= 4 is 5.91 Å². The molecule has 2 N–H and O–H groups in total. The highest BCUT2D eigenvalue weighted by atomic mass is 16.5. The van der Waals surface area contributed by atoms with Crippen LogP contribution in [-0.2, 0) is 4.74 Å². The molecule has 0 radical (unpaired) electrons. The van der Waals surface area contributed by atoms with Crippen LogP contribution < -0.4 is 5.32 Å². The predicted molar refractivity (Wildman–Crippen MR) is 78.1 cm³/mol. The minimum absolute atomic E-state index is 0.0609. The summed E-state index contributed by atoms with van der Waals surface area (Å²) in [5, 5.41) is 12.2. The zero-order chi connectivity index (χ0) is 14.7. The van der Waals surface area contributed by atoms with E-state index in [4.69, 9.17) is 4.74 Å². The van der Waals surface area contributed by atoms with Gasteiger partial charge in [-0.05, 0) is 37.8 Å². The van der Waals surface area contributed by atoms with Gasteiger partial charge in [0.05, 0.1) is 17.9 Å². The number of pyridine rings is 1. The van der Waals surface area contributed by atoms with Crippen LogP contribution in [0.3, 0.4) is 0 Å². The lowest BCUT2D eigenvalue weighted by Crippen LogP contribution is -2.39. The topological polar surface area (TPSA) is 71.5 Å². The molecule has 1 atom stereocenters. The van der Waals surface area contributed by atoms with Crippen molar-refractivity contribution in [1.29, 1.82) is 0 Å². The molecule has 21 heavy (non-hydrogen) atoms. The van der Waals surface area contributed by atoms with E-state index in [1.54, 1.807) is 6.20 Å². The average Bonchev–Trinajstić information content (AvgIpc) is 3.26. The third-order valence-corrected chi connectivity index (χ3v) is 4.50. The van der Waals surface area contributed by atoms with Gasteiger partial charge in [-0.3, -0.25) is 9.78 Å². The third kappa shape index (κ3) is 3.24. The van der Waals surface area contributed by atoms with E-state index in [1.807, 2.05) is 12.1 Å². The summed E-state index contributed by atoms with van der Waals surface area (Å²) in [7, 11) is 0. The number of aliphatic hydroxyl groups is 1. The zero-order valence-corrected chi connectivity index (χ0v) is 12.2. The van der Waals surface area contributed by atoms with Gasteiger partial charge in [0.2, 0.25) is 0 Å². The van der Waals surface area contributed by atoms with Gasteiger partial charge in [0.25, 0.3) is 5.91 Å². The van der Waals surface area contributed by atoms with E-state index in [1.165, 1.54) is 0 Å². The average molecular weight is 290 g/mol. The second kappa shape index (κ2) is 6.12. The van der Waals surface area contributed by atoms with Gasteiger partial charge < -0.3 is 15.2 Å². The van der Waals surface area contributed by atoms with Crippen LogP contribution in [0.15, 0.2) is 18.3 Å². The quantitative estimate of drug-likeness (QED) is 0.832. The van der Waals surface area contributed by atoms with Crippen molar-refractivity contribution in [2.24, 2.45) is 5.41 Å². The summed E-state index contributed by atoms with van der Waals surface area (Å²) in [4.78, 5) is 16.8. The van der Waals surface area contributed by atoms with Gasteiger partial charge in [-0.25, -0.2) is 0 Å². The van der Waals surface area contributed by atoms with Gasteiger partial charge in [-0.1, -0.05) is 0 Å². The Kier molecular flexibility index (Phi) is 4.22. The van der Waals surface area contributed by atoms with Gasteiger partial charge in [0.15, 0.2) is 0 Å². The Morgan fingerprint density at radius 1 is 1.52 bits per heavy atom. The minimum atomic E-state index is -0.119. The molecule has 0 bridgehead atoms. The molecular weight excluding hydrogens is 268 g/mol. The first-order valence-electron chi connectivity index (χ1n) is 7.66. The van der Waals surface area contributed by atoms with E-state index < -0.39 is 0 Å². The van der Waals surface area contributed by atoms with Crippen molar-refractivity contribution in [3.63, 3.8) is 0 Å². The van der Waals surface area contributed by atoms with E-state index in [0.717, 1.165) is 25.0 Å². The van der Waals surface area contributed by atoms with Gasteiger partial charge in [0.1, 0.15) is 0 Å². The number of hydrogen-bond acceptors (Lipinski definition) is 4. The summed E-state index contributed by atoms with van der Waals surface area (Å²) < 4.78 is 5.45. The molecule has 5 nitrogen and oxygen atoms in total. The van der Waals surface area contributed by atoms with Crippen molar-refractivity contribution in [1.82, 2.24) is 10.3 Å². The summed E-state index contributed by atoms with van der Waals surface area (Å²) in [5.41, 5.74) is 1.50. The number of nitrogens with zero attached hydrogens (tertiary/aromatic N) is 1. The highest BCUT2D eigenvalue weighted by molar-refractivity contribution is 5.95. The molecule has 1 aromatic heterocycles. The van der Waals surface area contributed by atoms with Crippen LogP contribution in [0.2, 0.25) is 0 Å². The first kappa shape index (κ1) is 14.5. The lowest BCUT2D eigenvalue weighted by Gasteiger charge is -2.26. The molecule has 2 heterocycles. The van der Waals surface area contributed by atoms with Crippen molar-refractivity contribution in [2.75, 3.05) is 26.4 Å². The number of rotatable bonds is 6. The largest absolute Gasteiger partial charge is 0.396 e. The van der Waals surface area contributed by atoms with Crippen LogP contribution in [0.4, 0.5) is 0 Å². The lowest BCUT2D eigenvalue weighted by molar-refractivity contribution is 0.0888. The molecule has 1 unspecified atom stereocenters. The normalized spacial score (nSPS) is 25.0. The third-order valence-electron chi connectivity index (χ3n) is 4.50. The first-order valence-corrected chi connectivity index (χ1v) is 7.66. The van der Waals surface area contributed by atoms with Crippen molar-refractivity contribution < 1.29 is 14.6 Å². The maximum atomic E-state index is 12.4. The van der Waals surface area contributed by atoms with Gasteiger partial charge in [-0.2, -0.15) is 0 Å². The van der Waals surface area contributed by atoms with Crippen molar-refractivity contribution in [3.8, 4) is 0 Å². The summed E-state index contributed by atoms with van der Waals surface area (Å²) in [6.45, 7) is 1.98. The molecular formula is C16H22N2O3. The number of ether oxygens (including phenoxy) is 1. The fourth-order valence-corrected chi connectivity index (χ4v) is 2.97. The van der Waals surface area contributed by atoms with Crippen LogP contribution in [0.25, 0.3) is 0 Å². The summed E-state index contributed by atoms with van der Waals surface area (Å²) in [5.74, 6) is 0.391. The molecule has 1 aliphatic carbocycles. The number of aliphatic hydroxyl groups excluding tert-OH is 1. The lowest BCUT2D eigenvalue weighted by atomic mass is 9.84. The fourth-order valence-electron chi connectivity index (χ4n) is 2.97. The molecule has 5 heteroatoms. The smallest absolute Gasteiger partial charge is 0.253 e. The monoisotopic (exact) mass is 290 g/mol. The molecule has 0 spiro atoms. The van der Waals surface area contributed by atoms with Crippen LogP contribution in [0.1, 0.15) is 47.7 Å². The number of hydrogen-bond donors (Lipinski definition) is 2. The van der Waals surface area contributed by atoms with E-state index in [0.29, 0.717) is 37.7 Å². The second-order valence-corrected chi connectivity index (χ2v) is 6.17. The molecule has 114 valence electrons. The Hall–Kier alpha value is -1.46. The van der Waals surface area contributed by atoms with E-state index >= 15 is 0 Å². The molecule has 1 saturated carbocycles. The molecule has 2 fully saturated rings. The van der Waals surface area contributed by atoms with Gasteiger partial charge in [-0.15, -0.1) is 0 Å². The Morgan fingerprint density at radius 2 is 2.38 bits per heavy atom. The summed E-state index contributed by atoms with van der Waals surface area (Å²) in [6.07, 6.45) is 5.55. The number of aromatic nitrogens is 1. The fraction of sp³-hybridized carbons (Fsp3) is 0.625. The first-order chi connectivity index (χ1) is 10.2. The van der Waals surface area contributed by atoms with Crippen LogP contribution in [-0.4, -0.2) is 42.4 Å². The van der Waals surface area contributed by atoms with Gasteiger partial charge in [0, 0.05) is 37.3 Å². The number of amides is 1. The van der Waals surface area contributed by atoms with E-state index in [2.05, 4.69) is 10.3 Å². The van der Waals surface area contributed by atoms with Crippen LogP contribution >= 0.6 is 0 Å². The SMILES string of the molecule is O=C(NCC1(CCO)CCOC1)c1cccnc1C1CC1. The zero-order valence-electron chi connectivity index (χ0n) is 12.2. The number of carbonyl (C=O) groups is 1. The Morgan fingerprint density at radius 3 is 3.05 bits per heavy atom. The van der Waals surface area contributed by atoms with E-state index in [-0.39, 0.29) is 17.9 Å². The Balaban J connectivity index is 1.66. The Labute approximate surface area is 124 Å². The highest BCUT2D eigenvalue weighted by Gasteiger charge is 2.35. The van der Waals surface area contributed by atoms with Crippen molar-refractivity contribution in [2.45, 2.75) is 31.6 Å². The van der Waals surface area contributed by atoms with Crippen LogP contribution in [0, 0.1) is 5.41 Å². The number of carbonyl (C=O) groups excluding carboxylic acids is 1. The highest BCUT2D eigenvalue weighted by Crippen LogP contribution is 2.40. The standard InChI is InChI=1S/C16H22N2O3/c19-8-5-16(6-9-21-11-16)10-18-15(20)13-2-1-7-17-14(13)12-3-4-12/h1-2,7,12,19H,3-6,8-11H2,(H,18,20).